The van der Waals surface area contributed by atoms with Gasteiger partial charge in [0.05, 0.1) is 0 Å². The van der Waals surface area contributed by atoms with E-state index in [1.165, 1.54) is 32.1 Å². The Labute approximate surface area is 146 Å². The highest BCUT2D eigenvalue weighted by atomic mass is 32.1. The molecule has 2 N–H and O–H groups in total. The molecule has 4 heteroatoms. The highest BCUT2D eigenvalue weighted by molar-refractivity contribution is 7.80. The number of anilines is 1. The summed E-state index contributed by atoms with van der Waals surface area (Å²) in [7, 11) is 0. The van der Waals surface area contributed by atoms with Crippen molar-refractivity contribution in [1.29, 1.82) is 0 Å². The third-order valence-corrected chi connectivity index (χ3v) is 4.18. The molecule has 128 valence electrons. The quantitative estimate of drug-likeness (QED) is 0.478. The van der Waals surface area contributed by atoms with Crippen LogP contribution in [0.2, 0.25) is 0 Å². The summed E-state index contributed by atoms with van der Waals surface area (Å²) in [5, 5.41) is 6.29. The lowest BCUT2D eigenvalue weighted by Crippen LogP contribution is -2.34. The Balaban J connectivity index is 2.23. The van der Waals surface area contributed by atoms with Crippen LogP contribution in [0.1, 0.15) is 69.4 Å². The Morgan fingerprint density at radius 1 is 1.00 bits per heavy atom. The van der Waals surface area contributed by atoms with Crippen molar-refractivity contribution in [3.63, 3.8) is 0 Å². The lowest BCUT2D eigenvalue weighted by molar-refractivity contribution is -0.119. The Morgan fingerprint density at radius 2 is 1.57 bits per heavy atom. The van der Waals surface area contributed by atoms with E-state index in [0.29, 0.717) is 11.5 Å². The molecule has 0 saturated carbocycles. The molecule has 0 atom stereocenters. The summed E-state index contributed by atoms with van der Waals surface area (Å²) in [6.07, 6.45) is 9.00. The van der Waals surface area contributed by atoms with Gasteiger partial charge in [0, 0.05) is 12.1 Å². The SMILES string of the molecule is CCCCCCCCCC(=O)NC(=S)Nc1c(C)cccc1C. The maximum Gasteiger partial charge on any atom is 0.226 e. The van der Waals surface area contributed by atoms with Crippen LogP contribution < -0.4 is 10.6 Å². The number of amides is 1. The number of aryl methyl sites for hydroxylation is 2. The van der Waals surface area contributed by atoms with E-state index in [0.717, 1.165) is 29.7 Å². The molecule has 23 heavy (non-hydrogen) atoms. The number of carbonyl (C=O) groups is 1. The summed E-state index contributed by atoms with van der Waals surface area (Å²) in [5.41, 5.74) is 3.22. The number of benzene rings is 1. The van der Waals surface area contributed by atoms with Gasteiger partial charge in [-0.3, -0.25) is 4.79 Å². The van der Waals surface area contributed by atoms with Crippen LogP contribution in [-0.2, 0) is 4.79 Å². The van der Waals surface area contributed by atoms with Gasteiger partial charge in [-0.05, 0) is 43.6 Å². The second-order valence-electron chi connectivity index (χ2n) is 6.14. The van der Waals surface area contributed by atoms with E-state index >= 15 is 0 Å². The fourth-order valence-electron chi connectivity index (χ4n) is 2.59. The molecular formula is C19H30N2OS. The van der Waals surface area contributed by atoms with Crippen molar-refractivity contribution < 1.29 is 4.79 Å². The monoisotopic (exact) mass is 334 g/mol. The molecule has 0 bridgehead atoms. The van der Waals surface area contributed by atoms with Gasteiger partial charge in [0.2, 0.25) is 5.91 Å². The highest BCUT2D eigenvalue weighted by Crippen LogP contribution is 2.19. The smallest absolute Gasteiger partial charge is 0.226 e. The molecular weight excluding hydrogens is 304 g/mol. The van der Waals surface area contributed by atoms with E-state index < -0.39 is 0 Å². The van der Waals surface area contributed by atoms with Crippen molar-refractivity contribution in [2.45, 2.75) is 72.1 Å². The van der Waals surface area contributed by atoms with Crippen LogP contribution in [0.15, 0.2) is 18.2 Å². The van der Waals surface area contributed by atoms with Gasteiger partial charge >= 0.3 is 0 Å². The lowest BCUT2D eigenvalue weighted by atomic mass is 10.1. The van der Waals surface area contributed by atoms with Crippen LogP contribution in [0, 0.1) is 13.8 Å². The standard InChI is InChI=1S/C19H30N2OS/c1-4-5-6-7-8-9-10-14-17(22)20-19(23)21-18-15(2)12-11-13-16(18)3/h11-13H,4-10,14H2,1-3H3,(H2,20,21,22,23). The zero-order valence-electron chi connectivity index (χ0n) is 14.7. The van der Waals surface area contributed by atoms with Crippen molar-refractivity contribution in [3.05, 3.63) is 29.3 Å². The molecule has 1 amide bonds. The number of thiocarbonyl (C=S) groups is 1. The van der Waals surface area contributed by atoms with Gasteiger partial charge in [-0.25, -0.2) is 0 Å². The normalized spacial score (nSPS) is 10.4. The van der Waals surface area contributed by atoms with Crippen molar-refractivity contribution in [2.24, 2.45) is 0 Å². The first-order valence-corrected chi connectivity index (χ1v) is 9.12. The molecule has 0 spiro atoms. The summed E-state index contributed by atoms with van der Waals surface area (Å²) in [5.74, 6) is 0.00213. The number of para-hydroxylation sites is 1. The summed E-state index contributed by atoms with van der Waals surface area (Å²) in [6, 6.07) is 6.06. The third kappa shape index (κ3) is 8.12. The molecule has 3 nitrogen and oxygen atoms in total. The zero-order valence-corrected chi connectivity index (χ0v) is 15.5. The summed E-state index contributed by atoms with van der Waals surface area (Å²) < 4.78 is 0. The minimum absolute atomic E-state index is 0.00213. The van der Waals surface area contributed by atoms with Crippen LogP contribution in [-0.4, -0.2) is 11.0 Å². The predicted octanol–water partition coefficient (Wildman–Crippen LogP) is 5.26. The fourth-order valence-corrected chi connectivity index (χ4v) is 2.80. The second-order valence-corrected chi connectivity index (χ2v) is 6.55. The zero-order chi connectivity index (χ0) is 17.1. The van der Waals surface area contributed by atoms with Gasteiger partial charge in [0.15, 0.2) is 5.11 Å². The predicted molar refractivity (Wildman–Crippen MR) is 103 cm³/mol. The van der Waals surface area contributed by atoms with Crippen molar-refractivity contribution in [3.8, 4) is 0 Å². The van der Waals surface area contributed by atoms with Gasteiger partial charge < -0.3 is 10.6 Å². The fraction of sp³-hybridized carbons (Fsp3) is 0.579. The van der Waals surface area contributed by atoms with Crippen LogP contribution in [0.4, 0.5) is 5.69 Å². The third-order valence-electron chi connectivity index (χ3n) is 3.98. The van der Waals surface area contributed by atoms with Gasteiger partial charge in [-0.2, -0.15) is 0 Å². The molecule has 0 fully saturated rings. The van der Waals surface area contributed by atoms with Crippen molar-refractivity contribution in [1.82, 2.24) is 5.32 Å². The largest absolute Gasteiger partial charge is 0.332 e. The molecule has 0 heterocycles. The number of hydrogen-bond acceptors (Lipinski definition) is 2. The average Bonchev–Trinajstić information content (AvgIpc) is 2.50. The summed E-state index contributed by atoms with van der Waals surface area (Å²) in [6.45, 7) is 6.27. The summed E-state index contributed by atoms with van der Waals surface area (Å²) >= 11 is 5.24. The van der Waals surface area contributed by atoms with Crippen LogP contribution >= 0.6 is 12.2 Å². The number of hydrogen-bond donors (Lipinski definition) is 2. The van der Waals surface area contributed by atoms with Gasteiger partial charge in [0.1, 0.15) is 0 Å². The maximum atomic E-state index is 11.9. The van der Waals surface area contributed by atoms with E-state index in [1.54, 1.807) is 0 Å². The Morgan fingerprint density at radius 3 is 2.17 bits per heavy atom. The summed E-state index contributed by atoms with van der Waals surface area (Å²) in [4.78, 5) is 11.9. The molecule has 0 aromatic heterocycles. The number of nitrogens with one attached hydrogen (secondary N) is 2. The van der Waals surface area contributed by atoms with Gasteiger partial charge in [-0.15, -0.1) is 0 Å². The first-order valence-electron chi connectivity index (χ1n) is 8.71. The van der Waals surface area contributed by atoms with Gasteiger partial charge in [-0.1, -0.05) is 63.6 Å². The molecule has 0 radical (unpaired) electrons. The van der Waals surface area contributed by atoms with E-state index in [1.807, 2.05) is 32.0 Å². The number of rotatable bonds is 9. The van der Waals surface area contributed by atoms with Gasteiger partial charge in [0.25, 0.3) is 0 Å². The minimum atomic E-state index is 0.00213. The Hall–Kier alpha value is -1.42. The van der Waals surface area contributed by atoms with Crippen LogP contribution in [0.3, 0.4) is 0 Å². The Kier molecular flexibility index (Phi) is 9.53. The molecule has 1 rings (SSSR count). The number of carbonyl (C=O) groups excluding carboxylic acids is 1. The molecule has 0 saturated heterocycles. The first kappa shape index (κ1) is 19.6. The molecule has 1 aromatic carbocycles. The van der Waals surface area contributed by atoms with E-state index in [2.05, 4.69) is 17.6 Å². The molecule has 0 aliphatic heterocycles. The molecule has 1 aromatic rings. The molecule has 0 unspecified atom stereocenters. The maximum absolute atomic E-state index is 11.9. The van der Waals surface area contributed by atoms with Crippen molar-refractivity contribution >= 4 is 28.9 Å². The van der Waals surface area contributed by atoms with E-state index in [-0.39, 0.29) is 5.91 Å². The number of unbranched alkanes of at least 4 members (excludes halogenated alkanes) is 6. The minimum Gasteiger partial charge on any atom is -0.332 e. The molecule has 0 aliphatic rings. The topological polar surface area (TPSA) is 41.1 Å². The van der Waals surface area contributed by atoms with Crippen molar-refractivity contribution in [2.75, 3.05) is 5.32 Å². The van der Waals surface area contributed by atoms with Crippen LogP contribution in [0.5, 0.6) is 0 Å². The second kappa shape index (κ2) is 11.2. The Bertz CT molecular complexity index is 494. The molecule has 0 aliphatic carbocycles. The van der Waals surface area contributed by atoms with Crippen LogP contribution in [0.25, 0.3) is 0 Å². The van der Waals surface area contributed by atoms with E-state index in [4.69, 9.17) is 12.2 Å². The lowest BCUT2D eigenvalue weighted by Gasteiger charge is -2.14. The average molecular weight is 335 g/mol. The first-order chi connectivity index (χ1) is 11.0. The van der Waals surface area contributed by atoms with E-state index in [9.17, 15) is 4.79 Å². The highest BCUT2D eigenvalue weighted by Gasteiger charge is 2.07.